The van der Waals surface area contributed by atoms with Crippen LogP contribution in [0.1, 0.15) is 47.2 Å². The van der Waals surface area contributed by atoms with E-state index in [4.69, 9.17) is 0 Å². The first kappa shape index (κ1) is 17.4. The molecule has 0 saturated carbocycles. The Balaban J connectivity index is 2.89. The van der Waals surface area contributed by atoms with E-state index in [0.29, 0.717) is 11.7 Å². The molecule has 0 unspecified atom stereocenters. The van der Waals surface area contributed by atoms with Crippen molar-refractivity contribution in [3.63, 3.8) is 0 Å². The summed E-state index contributed by atoms with van der Waals surface area (Å²) in [5.41, 5.74) is -0.476. The predicted molar refractivity (Wildman–Crippen MR) is 83.9 cm³/mol. The Morgan fingerprint density at radius 2 is 1.90 bits per heavy atom. The molecule has 0 aliphatic carbocycles. The Labute approximate surface area is 129 Å². The first-order chi connectivity index (χ1) is 9.50. The van der Waals surface area contributed by atoms with Crippen molar-refractivity contribution in [1.29, 1.82) is 0 Å². The van der Waals surface area contributed by atoms with Gasteiger partial charge in [-0.3, -0.25) is 5.32 Å². The molecule has 0 aromatic carbocycles. The summed E-state index contributed by atoms with van der Waals surface area (Å²) in [4.78, 5) is 29.2. The van der Waals surface area contributed by atoms with Gasteiger partial charge in [0.05, 0.1) is 5.69 Å². The second-order valence-corrected chi connectivity index (χ2v) is 7.18. The van der Waals surface area contributed by atoms with E-state index in [0.717, 1.165) is 5.69 Å². The van der Waals surface area contributed by atoms with Crippen LogP contribution in [0.15, 0.2) is 5.38 Å². The lowest BCUT2D eigenvalue weighted by atomic mass is 9.93. The molecule has 1 heterocycles. The Hall–Kier alpha value is -1.63. The van der Waals surface area contributed by atoms with E-state index in [9.17, 15) is 14.7 Å². The number of amides is 2. The molecule has 0 aliphatic heterocycles. The number of aliphatic carboxylic acids is 1. The molecule has 0 bridgehead atoms. The molecule has 0 saturated heterocycles. The van der Waals surface area contributed by atoms with Gasteiger partial charge in [0.1, 0.15) is 5.54 Å². The zero-order valence-corrected chi connectivity index (χ0v) is 14.2. The molecule has 0 spiro atoms. The predicted octanol–water partition coefficient (Wildman–Crippen LogP) is 3.16. The number of nitrogens with zero attached hydrogens (tertiary/aromatic N) is 2. The second kappa shape index (κ2) is 6.01. The van der Waals surface area contributed by atoms with Crippen molar-refractivity contribution in [2.24, 2.45) is 0 Å². The Morgan fingerprint density at radius 3 is 2.29 bits per heavy atom. The van der Waals surface area contributed by atoms with Crippen LogP contribution in [-0.4, -0.2) is 39.1 Å². The van der Waals surface area contributed by atoms with Crippen molar-refractivity contribution >= 4 is 28.5 Å². The molecule has 2 amide bonds. The zero-order chi connectivity index (χ0) is 16.4. The number of thiazole rings is 1. The summed E-state index contributed by atoms with van der Waals surface area (Å²) in [6, 6.07) is -0.459. The van der Waals surface area contributed by atoms with Gasteiger partial charge < -0.3 is 10.0 Å². The van der Waals surface area contributed by atoms with Crippen LogP contribution in [0, 0.1) is 0 Å². The SMILES string of the molecule is CCN(C(=O)Nc1nc(C(C)(C)C)cs1)C(C)(C)C(=O)O. The Morgan fingerprint density at radius 1 is 1.33 bits per heavy atom. The highest BCUT2D eigenvalue weighted by molar-refractivity contribution is 7.13. The first-order valence-electron chi connectivity index (χ1n) is 6.78. The summed E-state index contributed by atoms with van der Waals surface area (Å²) in [7, 11) is 0. The average Bonchev–Trinajstić information content (AvgIpc) is 2.77. The molecule has 118 valence electrons. The lowest BCUT2D eigenvalue weighted by Gasteiger charge is -2.33. The normalized spacial score (nSPS) is 12.1. The number of urea groups is 1. The smallest absolute Gasteiger partial charge is 0.329 e. The molecule has 1 rings (SSSR count). The van der Waals surface area contributed by atoms with Crippen molar-refractivity contribution in [3.05, 3.63) is 11.1 Å². The minimum Gasteiger partial charge on any atom is -0.480 e. The van der Waals surface area contributed by atoms with E-state index < -0.39 is 17.5 Å². The topological polar surface area (TPSA) is 82.5 Å². The molecule has 0 fully saturated rings. The van der Waals surface area contributed by atoms with Crippen molar-refractivity contribution in [3.8, 4) is 0 Å². The van der Waals surface area contributed by atoms with Crippen LogP contribution in [0.5, 0.6) is 0 Å². The highest BCUT2D eigenvalue weighted by Gasteiger charge is 2.37. The van der Waals surface area contributed by atoms with E-state index in [-0.39, 0.29) is 5.41 Å². The fourth-order valence-corrected chi connectivity index (χ4v) is 2.67. The molecule has 1 aromatic heterocycles. The lowest BCUT2D eigenvalue weighted by molar-refractivity contribution is -0.147. The third-order valence-electron chi connectivity index (χ3n) is 3.25. The van der Waals surface area contributed by atoms with Crippen LogP contribution in [0.2, 0.25) is 0 Å². The summed E-state index contributed by atoms with van der Waals surface area (Å²) in [6.45, 7) is 11.2. The van der Waals surface area contributed by atoms with Gasteiger partial charge in [0, 0.05) is 17.3 Å². The molecule has 1 aromatic rings. The van der Waals surface area contributed by atoms with Crippen LogP contribution in [0.25, 0.3) is 0 Å². The maximum atomic E-state index is 12.3. The van der Waals surface area contributed by atoms with Gasteiger partial charge in [-0.15, -0.1) is 11.3 Å². The first-order valence-corrected chi connectivity index (χ1v) is 7.66. The monoisotopic (exact) mass is 313 g/mol. The van der Waals surface area contributed by atoms with E-state index in [1.807, 2.05) is 26.2 Å². The van der Waals surface area contributed by atoms with Gasteiger partial charge in [0.2, 0.25) is 0 Å². The summed E-state index contributed by atoms with van der Waals surface area (Å²) >= 11 is 1.33. The number of anilines is 1. The van der Waals surface area contributed by atoms with Gasteiger partial charge in [-0.05, 0) is 20.8 Å². The van der Waals surface area contributed by atoms with E-state index >= 15 is 0 Å². The highest BCUT2D eigenvalue weighted by Crippen LogP contribution is 2.27. The van der Waals surface area contributed by atoms with Gasteiger partial charge in [-0.25, -0.2) is 14.6 Å². The number of carboxylic acids is 1. The minimum absolute atomic E-state index is 0.0930. The third kappa shape index (κ3) is 3.93. The summed E-state index contributed by atoms with van der Waals surface area (Å²) < 4.78 is 0. The van der Waals surface area contributed by atoms with Gasteiger partial charge in [-0.2, -0.15) is 0 Å². The van der Waals surface area contributed by atoms with Gasteiger partial charge in [0.25, 0.3) is 0 Å². The molecule has 2 N–H and O–H groups in total. The molecule has 21 heavy (non-hydrogen) atoms. The molecule has 0 aliphatic rings. The minimum atomic E-state index is -1.27. The van der Waals surface area contributed by atoms with Crippen LogP contribution in [-0.2, 0) is 10.2 Å². The number of likely N-dealkylation sites (N-methyl/N-ethyl adjacent to an activating group) is 1. The standard InChI is InChI=1S/C14H23N3O3S/c1-7-17(14(5,6)10(18)19)12(20)16-11-15-9(8-21-11)13(2,3)4/h8H,7H2,1-6H3,(H,18,19)(H,15,16,20). The number of carbonyl (C=O) groups is 2. The highest BCUT2D eigenvalue weighted by atomic mass is 32.1. The number of carbonyl (C=O) groups excluding carboxylic acids is 1. The third-order valence-corrected chi connectivity index (χ3v) is 4.00. The number of nitrogens with one attached hydrogen (secondary N) is 1. The summed E-state index contributed by atoms with van der Waals surface area (Å²) in [6.07, 6.45) is 0. The van der Waals surface area contributed by atoms with Crippen LogP contribution in [0.4, 0.5) is 9.93 Å². The van der Waals surface area contributed by atoms with Crippen LogP contribution < -0.4 is 5.32 Å². The summed E-state index contributed by atoms with van der Waals surface area (Å²) in [5, 5.41) is 14.3. The second-order valence-electron chi connectivity index (χ2n) is 6.33. The molecular weight excluding hydrogens is 290 g/mol. The number of rotatable bonds is 4. The fourth-order valence-electron chi connectivity index (χ4n) is 1.74. The lowest BCUT2D eigenvalue weighted by Crippen LogP contribution is -2.54. The number of aromatic nitrogens is 1. The maximum Gasteiger partial charge on any atom is 0.329 e. The zero-order valence-electron chi connectivity index (χ0n) is 13.4. The Bertz CT molecular complexity index is 532. The van der Waals surface area contributed by atoms with E-state index in [2.05, 4.69) is 10.3 Å². The number of hydrogen-bond acceptors (Lipinski definition) is 4. The largest absolute Gasteiger partial charge is 0.480 e. The van der Waals surface area contributed by atoms with Gasteiger partial charge >= 0.3 is 12.0 Å². The molecule has 0 atom stereocenters. The average molecular weight is 313 g/mol. The van der Waals surface area contributed by atoms with E-state index in [1.54, 1.807) is 6.92 Å². The maximum absolute atomic E-state index is 12.3. The Kier molecular flexibility index (Phi) is 4.99. The van der Waals surface area contributed by atoms with Crippen molar-refractivity contribution in [2.45, 2.75) is 52.5 Å². The van der Waals surface area contributed by atoms with E-state index in [1.165, 1.54) is 30.1 Å². The van der Waals surface area contributed by atoms with Crippen molar-refractivity contribution in [1.82, 2.24) is 9.88 Å². The quantitative estimate of drug-likeness (QED) is 0.894. The summed E-state index contributed by atoms with van der Waals surface area (Å²) in [5.74, 6) is -1.05. The molecule has 7 heteroatoms. The molecule has 6 nitrogen and oxygen atoms in total. The van der Waals surface area contributed by atoms with Gasteiger partial charge in [-0.1, -0.05) is 20.8 Å². The van der Waals surface area contributed by atoms with Crippen molar-refractivity contribution < 1.29 is 14.7 Å². The number of carboxylic acid groups (broad SMARTS) is 1. The molecule has 0 radical (unpaired) electrons. The fraction of sp³-hybridized carbons (Fsp3) is 0.643. The van der Waals surface area contributed by atoms with Crippen LogP contribution in [0.3, 0.4) is 0 Å². The van der Waals surface area contributed by atoms with Crippen molar-refractivity contribution in [2.75, 3.05) is 11.9 Å². The van der Waals surface area contributed by atoms with Gasteiger partial charge in [0.15, 0.2) is 5.13 Å². The molecular formula is C14H23N3O3S. The van der Waals surface area contributed by atoms with Crippen LogP contribution >= 0.6 is 11.3 Å². The number of hydrogen-bond donors (Lipinski definition) is 2.